The molecule has 3 aliphatic carbocycles. The fourth-order valence-electron chi connectivity index (χ4n) is 5.50. The van der Waals surface area contributed by atoms with Gasteiger partial charge in [-0.2, -0.15) is 0 Å². The summed E-state index contributed by atoms with van der Waals surface area (Å²) < 4.78 is 0. The number of benzene rings is 1. The van der Waals surface area contributed by atoms with E-state index in [1.807, 2.05) is 18.2 Å². The van der Waals surface area contributed by atoms with Crippen LogP contribution in [0.25, 0.3) is 5.70 Å². The van der Waals surface area contributed by atoms with Gasteiger partial charge in [0.2, 0.25) is 5.91 Å². The zero-order valence-electron chi connectivity index (χ0n) is 16.6. The monoisotopic (exact) mass is 378 g/mol. The molecule has 5 rings (SSSR count). The van der Waals surface area contributed by atoms with E-state index in [4.69, 9.17) is 0 Å². The first-order chi connectivity index (χ1) is 13.6. The van der Waals surface area contributed by atoms with Crippen LogP contribution in [0, 0.1) is 11.3 Å². The molecule has 1 aromatic rings. The minimum atomic E-state index is 0.0233. The lowest BCUT2D eigenvalue weighted by molar-refractivity contribution is -0.121. The van der Waals surface area contributed by atoms with Gasteiger partial charge in [0, 0.05) is 23.5 Å². The molecule has 28 heavy (non-hydrogen) atoms. The average molecular weight is 379 g/mol. The molecule has 1 heterocycles. The van der Waals surface area contributed by atoms with Gasteiger partial charge in [-0.05, 0) is 62.6 Å². The summed E-state index contributed by atoms with van der Waals surface area (Å²) in [6.07, 6.45) is 10.6. The molecule has 0 bridgehead atoms. The highest BCUT2D eigenvalue weighted by atomic mass is 16.2. The van der Waals surface area contributed by atoms with Gasteiger partial charge in [-0.25, -0.2) is 0 Å². The standard InChI is InChI=1S/C24H30N2O2/c27-21(16-26-13-11-24(12-14-26)9-3-4-10-24)25-22-19-6-2-1-5-18(19)15-20(22)23(28)17-7-8-17/h1-2,5-6,17H,3-4,7-16H2,(H,25,27). The lowest BCUT2D eigenvalue weighted by Gasteiger charge is -2.39. The number of carbonyl (C=O) groups excluding carboxylic acids is 2. The number of Topliss-reactive ketones (excluding diaryl/α,β-unsaturated/α-hetero) is 1. The van der Waals surface area contributed by atoms with E-state index in [0.717, 1.165) is 48.3 Å². The molecule has 0 unspecified atom stereocenters. The summed E-state index contributed by atoms with van der Waals surface area (Å²) in [6.45, 7) is 2.49. The van der Waals surface area contributed by atoms with Crippen LogP contribution in [0.15, 0.2) is 29.8 Å². The summed E-state index contributed by atoms with van der Waals surface area (Å²) in [7, 11) is 0. The van der Waals surface area contributed by atoms with Gasteiger partial charge in [-0.1, -0.05) is 37.1 Å². The van der Waals surface area contributed by atoms with Crippen LogP contribution in [0.5, 0.6) is 0 Å². The molecule has 4 nitrogen and oxygen atoms in total. The van der Waals surface area contributed by atoms with Crippen molar-refractivity contribution in [3.8, 4) is 0 Å². The van der Waals surface area contributed by atoms with E-state index < -0.39 is 0 Å². The first-order valence-electron chi connectivity index (χ1n) is 11.0. The van der Waals surface area contributed by atoms with Crippen molar-refractivity contribution in [2.45, 2.75) is 57.8 Å². The van der Waals surface area contributed by atoms with E-state index in [0.29, 0.717) is 18.4 Å². The first-order valence-corrected chi connectivity index (χ1v) is 11.0. The van der Waals surface area contributed by atoms with Crippen LogP contribution in [0.2, 0.25) is 0 Å². The number of likely N-dealkylation sites (tertiary alicyclic amines) is 1. The van der Waals surface area contributed by atoms with E-state index in [9.17, 15) is 9.59 Å². The highest BCUT2D eigenvalue weighted by Crippen LogP contribution is 2.46. The van der Waals surface area contributed by atoms with Gasteiger partial charge in [-0.15, -0.1) is 0 Å². The predicted molar refractivity (Wildman–Crippen MR) is 110 cm³/mol. The second-order valence-corrected chi connectivity index (χ2v) is 9.36. The minimum Gasteiger partial charge on any atom is -0.324 e. The molecule has 0 atom stereocenters. The third-order valence-electron chi connectivity index (χ3n) is 7.41. The number of amides is 1. The predicted octanol–water partition coefficient (Wildman–Crippen LogP) is 3.71. The normalized spacial score (nSPS) is 23.9. The summed E-state index contributed by atoms with van der Waals surface area (Å²) in [6, 6.07) is 8.10. The van der Waals surface area contributed by atoms with E-state index in [1.165, 1.54) is 38.5 Å². The van der Waals surface area contributed by atoms with E-state index in [-0.39, 0.29) is 17.6 Å². The van der Waals surface area contributed by atoms with Gasteiger partial charge in [0.15, 0.2) is 5.78 Å². The van der Waals surface area contributed by atoms with Gasteiger partial charge in [0.25, 0.3) is 0 Å². The van der Waals surface area contributed by atoms with Crippen LogP contribution in [0.4, 0.5) is 0 Å². The highest BCUT2D eigenvalue weighted by Gasteiger charge is 2.38. The summed E-state index contributed by atoms with van der Waals surface area (Å²) in [5, 5.41) is 3.14. The second-order valence-electron chi connectivity index (χ2n) is 9.36. The maximum Gasteiger partial charge on any atom is 0.238 e. The van der Waals surface area contributed by atoms with Gasteiger partial charge < -0.3 is 5.32 Å². The molecule has 1 aromatic carbocycles. The molecule has 1 saturated heterocycles. The third-order valence-corrected chi connectivity index (χ3v) is 7.41. The molecule has 1 amide bonds. The number of rotatable bonds is 5. The van der Waals surface area contributed by atoms with Crippen molar-refractivity contribution in [1.82, 2.24) is 10.2 Å². The van der Waals surface area contributed by atoms with E-state index >= 15 is 0 Å². The number of carbonyl (C=O) groups is 2. The van der Waals surface area contributed by atoms with Crippen molar-refractivity contribution in [1.29, 1.82) is 0 Å². The molecule has 1 spiro atoms. The van der Waals surface area contributed by atoms with Gasteiger partial charge in [0.1, 0.15) is 0 Å². The maximum atomic E-state index is 12.8. The largest absolute Gasteiger partial charge is 0.324 e. The van der Waals surface area contributed by atoms with Crippen molar-refractivity contribution in [3.05, 3.63) is 41.0 Å². The topological polar surface area (TPSA) is 49.4 Å². The number of allylic oxidation sites excluding steroid dienone is 1. The Balaban J connectivity index is 1.26. The number of nitrogens with zero attached hydrogens (tertiary/aromatic N) is 1. The summed E-state index contributed by atoms with van der Waals surface area (Å²) in [5.74, 6) is 0.448. The molecule has 0 radical (unpaired) electrons. The Labute approximate surface area is 167 Å². The number of hydrogen-bond donors (Lipinski definition) is 1. The van der Waals surface area contributed by atoms with E-state index in [2.05, 4.69) is 16.3 Å². The van der Waals surface area contributed by atoms with Crippen molar-refractivity contribution in [2.24, 2.45) is 11.3 Å². The summed E-state index contributed by atoms with van der Waals surface area (Å²) >= 11 is 0. The fraction of sp³-hybridized carbons (Fsp3) is 0.583. The maximum absolute atomic E-state index is 12.8. The van der Waals surface area contributed by atoms with E-state index in [1.54, 1.807) is 0 Å². The first kappa shape index (κ1) is 18.1. The minimum absolute atomic E-state index is 0.0233. The Morgan fingerprint density at radius 3 is 2.46 bits per heavy atom. The zero-order chi connectivity index (χ0) is 19.1. The quantitative estimate of drug-likeness (QED) is 0.850. The Morgan fingerprint density at radius 2 is 1.75 bits per heavy atom. The van der Waals surface area contributed by atoms with Crippen molar-refractivity contribution in [2.75, 3.05) is 19.6 Å². The number of nitrogens with one attached hydrogen (secondary N) is 1. The lowest BCUT2D eigenvalue weighted by atomic mass is 9.77. The Morgan fingerprint density at radius 1 is 1.04 bits per heavy atom. The molecular weight excluding hydrogens is 348 g/mol. The van der Waals surface area contributed by atoms with Crippen molar-refractivity contribution >= 4 is 17.4 Å². The van der Waals surface area contributed by atoms with Gasteiger partial charge in [0.05, 0.1) is 12.2 Å². The summed E-state index contributed by atoms with van der Waals surface area (Å²) in [4.78, 5) is 27.9. The van der Waals surface area contributed by atoms with Crippen LogP contribution >= 0.6 is 0 Å². The van der Waals surface area contributed by atoms with Gasteiger partial charge >= 0.3 is 0 Å². The van der Waals surface area contributed by atoms with Crippen LogP contribution < -0.4 is 5.32 Å². The SMILES string of the molecule is O=C(CN1CCC2(CCCC2)CC1)NC1=C(C(=O)C2CC2)Cc2ccccc21. The van der Waals surface area contributed by atoms with Crippen LogP contribution in [-0.2, 0) is 16.0 Å². The molecule has 4 heteroatoms. The number of ketones is 1. The molecule has 1 aliphatic heterocycles. The Kier molecular flexibility index (Phi) is 4.62. The fourth-order valence-corrected chi connectivity index (χ4v) is 5.50. The number of fused-ring (bicyclic) bond motifs is 1. The Bertz CT molecular complexity index is 821. The zero-order valence-corrected chi connectivity index (χ0v) is 16.6. The smallest absolute Gasteiger partial charge is 0.238 e. The highest BCUT2D eigenvalue weighted by molar-refractivity contribution is 6.09. The summed E-state index contributed by atoms with van der Waals surface area (Å²) in [5.41, 5.74) is 4.36. The van der Waals surface area contributed by atoms with Crippen LogP contribution in [0.3, 0.4) is 0 Å². The van der Waals surface area contributed by atoms with Crippen LogP contribution in [0.1, 0.15) is 62.5 Å². The Hall–Kier alpha value is -1.94. The van der Waals surface area contributed by atoms with Crippen LogP contribution in [-0.4, -0.2) is 36.2 Å². The van der Waals surface area contributed by atoms with Gasteiger partial charge in [-0.3, -0.25) is 14.5 Å². The molecule has 0 aromatic heterocycles. The average Bonchev–Trinajstić information content (AvgIpc) is 3.37. The van der Waals surface area contributed by atoms with Crippen molar-refractivity contribution in [3.63, 3.8) is 0 Å². The second kappa shape index (κ2) is 7.14. The molecule has 3 fully saturated rings. The molecular formula is C24H30N2O2. The number of hydrogen-bond acceptors (Lipinski definition) is 3. The number of piperidine rings is 1. The molecule has 2 saturated carbocycles. The molecule has 4 aliphatic rings. The molecule has 148 valence electrons. The lowest BCUT2D eigenvalue weighted by Crippen LogP contribution is -2.43. The molecule has 1 N–H and O–H groups in total. The third kappa shape index (κ3) is 3.43. The van der Waals surface area contributed by atoms with Crippen molar-refractivity contribution < 1.29 is 9.59 Å².